The highest BCUT2D eigenvalue weighted by atomic mass is 16.8. The summed E-state index contributed by atoms with van der Waals surface area (Å²) in [6.45, 7) is 4.91. The van der Waals surface area contributed by atoms with E-state index in [1.54, 1.807) is 14.0 Å². The van der Waals surface area contributed by atoms with Crippen LogP contribution in [0, 0.1) is 0 Å². The third kappa shape index (κ3) is 13.3. The largest absolute Gasteiger partial charge is 0.516 e. The van der Waals surface area contributed by atoms with Crippen molar-refractivity contribution in [3.63, 3.8) is 0 Å². The summed E-state index contributed by atoms with van der Waals surface area (Å²) in [6, 6.07) is 0. The van der Waals surface area contributed by atoms with Crippen LogP contribution in [-0.4, -0.2) is 52.0 Å². The van der Waals surface area contributed by atoms with Crippen molar-refractivity contribution in [3.8, 4) is 0 Å². The van der Waals surface area contributed by atoms with Gasteiger partial charge >= 0.3 is 12.1 Å². The summed E-state index contributed by atoms with van der Waals surface area (Å²) in [5.74, 6) is -0.728. The molecule has 0 aliphatic heterocycles. The maximum Gasteiger partial charge on any atom is 0.516 e. The van der Waals surface area contributed by atoms with Gasteiger partial charge < -0.3 is 23.7 Å². The Kier molecular flexibility index (Phi) is 15.9. The first-order valence-electron chi connectivity index (χ1n) is 8.72. The molecule has 7 nitrogen and oxygen atoms in total. The van der Waals surface area contributed by atoms with Crippen molar-refractivity contribution in [2.45, 2.75) is 64.9 Å². The Labute approximate surface area is 144 Å². The van der Waals surface area contributed by atoms with E-state index in [2.05, 4.69) is 9.47 Å². The van der Waals surface area contributed by atoms with Crippen LogP contribution in [-0.2, 0) is 28.5 Å². The van der Waals surface area contributed by atoms with Crippen LogP contribution in [0.25, 0.3) is 0 Å². The van der Waals surface area contributed by atoms with Crippen molar-refractivity contribution >= 4 is 12.1 Å². The Bertz CT molecular complexity index is 320. The highest BCUT2D eigenvalue weighted by molar-refractivity contribution is 5.84. The van der Waals surface area contributed by atoms with Crippen LogP contribution in [0.3, 0.4) is 0 Å². The van der Waals surface area contributed by atoms with Crippen molar-refractivity contribution in [3.05, 3.63) is 0 Å². The average molecular weight is 348 g/mol. The minimum Gasteiger partial charge on any atom is -0.434 e. The van der Waals surface area contributed by atoms with Gasteiger partial charge in [-0.25, -0.2) is 9.59 Å². The molecule has 1 unspecified atom stereocenters. The lowest BCUT2D eigenvalue weighted by atomic mass is 10.1. The number of carbonyl (C=O) groups excluding carboxylic acids is 2. The van der Waals surface area contributed by atoms with Gasteiger partial charge in [-0.05, 0) is 26.7 Å². The molecule has 142 valence electrons. The number of unbranched alkanes of at least 4 members (excludes halogenated alkanes) is 5. The van der Waals surface area contributed by atoms with E-state index < -0.39 is 18.2 Å². The van der Waals surface area contributed by atoms with E-state index in [0.717, 1.165) is 45.1 Å². The molecule has 0 rings (SSSR count). The third-order valence-electron chi connectivity index (χ3n) is 3.33. The van der Waals surface area contributed by atoms with Crippen molar-refractivity contribution < 1.29 is 33.3 Å². The molecule has 7 heteroatoms. The van der Waals surface area contributed by atoms with Gasteiger partial charge in [0.25, 0.3) is 0 Å². The van der Waals surface area contributed by atoms with E-state index in [1.807, 2.05) is 6.92 Å². The maximum absolute atomic E-state index is 11.9. The first-order chi connectivity index (χ1) is 11.7. The van der Waals surface area contributed by atoms with E-state index in [-0.39, 0.29) is 13.4 Å². The molecule has 0 bridgehead atoms. The fourth-order valence-electron chi connectivity index (χ4n) is 2.06. The highest BCUT2D eigenvalue weighted by Gasteiger charge is 2.24. The van der Waals surface area contributed by atoms with Gasteiger partial charge in [0, 0.05) is 20.3 Å². The van der Waals surface area contributed by atoms with Gasteiger partial charge in [-0.15, -0.1) is 0 Å². The number of hydrogen-bond acceptors (Lipinski definition) is 7. The van der Waals surface area contributed by atoms with Gasteiger partial charge in [0.05, 0.1) is 6.61 Å². The Morgan fingerprint density at radius 2 is 1.58 bits per heavy atom. The summed E-state index contributed by atoms with van der Waals surface area (Å²) in [4.78, 5) is 23.2. The molecule has 1 atom stereocenters. The molecule has 0 spiro atoms. The predicted octanol–water partition coefficient (Wildman–Crippen LogP) is 3.44. The molecular formula is C17H32O7. The van der Waals surface area contributed by atoms with Crippen molar-refractivity contribution in [2.24, 2.45) is 0 Å². The summed E-state index contributed by atoms with van der Waals surface area (Å²) in [7, 11) is 1.71. The number of rotatable bonds is 15. The van der Waals surface area contributed by atoms with Gasteiger partial charge in [-0.3, -0.25) is 0 Å². The summed E-state index contributed by atoms with van der Waals surface area (Å²) in [6.07, 6.45) is 4.94. The topological polar surface area (TPSA) is 80.3 Å². The SMILES string of the molecule is CCOCOC(CCCCCCCCOC)C(=O)OC(=O)OCC. The monoisotopic (exact) mass is 348 g/mol. The zero-order valence-electron chi connectivity index (χ0n) is 15.2. The zero-order chi connectivity index (χ0) is 18.0. The smallest absolute Gasteiger partial charge is 0.434 e. The fraction of sp³-hybridized carbons (Fsp3) is 0.882. The number of hydrogen-bond donors (Lipinski definition) is 0. The van der Waals surface area contributed by atoms with Crippen molar-refractivity contribution in [1.29, 1.82) is 0 Å². The molecule has 0 aromatic heterocycles. The zero-order valence-corrected chi connectivity index (χ0v) is 15.2. The Morgan fingerprint density at radius 1 is 0.917 bits per heavy atom. The summed E-state index contributed by atoms with van der Waals surface area (Å²) >= 11 is 0. The summed E-state index contributed by atoms with van der Waals surface area (Å²) in [5.41, 5.74) is 0. The molecule has 0 aromatic rings. The number of carbonyl (C=O) groups is 2. The number of ether oxygens (including phenoxy) is 5. The van der Waals surface area contributed by atoms with E-state index in [4.69, 9.17) is 14.2 Å². The van der Waals surface area contributed by atoms with Crippen LogP contribution < -0.4 is 0 Å². The van der Waals surface area contributed by atoms with Gasteiger partial charge in [0.2, 0.25) is 0 Å². The van der Waals surface area contributed by atoms with Crippen molar-refractivity contribution in [1.82, 2.24) is 0 Å². The average Bonchev–Trinajstić information content (AvgIpc) is 2.55. The highest BCUT2D eigenvalue weighted by Crippen LogP contribution is 2.12. The van der Waals surface area contributed by atoms with Crippen LogP contribution >= 0.6 is 0 Å². The van der Waals surface area contributed by atoms with E-state index in [0.29, 0.717) is 13.0 Å². The standard InChI is InChI=1S/C17H32O7/c1-4-21-14-23-15(16(18)24-17(19)22-5-2)12-10-8-6-7-9-11-13-20-3/h15H,4-14H2,1-3H3. The first-order valence-corrected chi connectivity index (χ1v) is 8.72. The van der Waals surface area contributed by atoms with Crippen molar-refractivity contribution in [2.75, 3.05) is 33.7 Å². The third-order valence-corrected chi connectivity index (χ3v) is 3.33. The van der Waals surface area contributed by atoms with Gasteiger partial charge in [-0.2, -0.15) is 0 Å². The molecule has 0 radical (unpaired) electrons. The van der Waals surface area contributed by atoms with E-state index in [9.17, 15) is 9.59 Å². The van der Waals surface area contributed by atoms with Gasteiger partial charge in [0.15, 0.2) is 6.10 Å². The molecular weight excluding hydrogens is 316 g/mol. The summed E-state index contributed by atoms with van der Waals surface area (Å²) in [5, 5.41) is 0. The number of methoxy groups -OCH3 is 1. The van der Waals surface area contributed by atoms with Gasteiger partial charge in [0.1, 0.15) is 6.79 Å². The van der Waals surface area contributed by atoms with E-state index in [1.165, 1.54) is 0 Å². The normalized spacial score (nSPS) is 12.0. The second-order valence-electron chi connectivity index (χ2n) is 5.27. The molecule has 0 N–H and O–H groups in total. The quantitative estimate of drug-likeness (QED) is 0.194. The molecule has 0 fully saturated rings. The number of esters is 1. The summed E-state index contributed by atoms with van der Waals surface area (Å²) < 4.78 is 24.7. The van der Waals surface area contributed by atoms with Crippen LogP contribution in [0.4, 0.5) is 4.79 Å². The molecule has 0 aliphatic rings. The lowest BCUT2D eigenvalue weighted by Crippen LogP contribution is -2.30. The second-order valence-corrected chi connectivity index (χ2v) is 5.27. The molecule has 0 heterocycles. The molecule has 0 saturated heterocycles. The van der Waals surface area contributed by atoms with Crippen LogP contribution in [0.5, 0.6) is 0 Å². The van der Waals surface area contributed by atoms with Crippen LogP contribution in [0.2, 0.25) is 0 Å². The molecule has 0 amide bonds. The maximum atomic E-state index is 11.9. The van der Waals surface area contributed by atoms with E-state index >= 15 is 0 Å². The Morgan fingerprint density at radius 3 is 2.21 bits per heavy atom. The molecule has 24 heavy (non-hydrogen) atoms. The van der Waals surface area contributed by atoms with Gasteiger partial charge in [-0.1, -0.05) is 32.1 Å². The van der Waals surface area contributed by atoms with Crippen LogP contribution in [0.1, 0.15) is 58.8 Å². The Balaban J connectivity index is 4.02. The minimum absolute atomic E-state index is 0.00386. The Hall–Kier alpha value is -1.18. The lowest BCUT2D eigenvalue weighted by molar-refractivity contribution is -0.163. The molecule has 0 saturated carbocycles. The van der Waals surface area contributed by atoms with Crippen LogP contribution in [0.15, 0.2) is 0 Å². The second kappa shape index (κ2) is 16.7. The molecule has 0 aliphatic carbocycles. The molecule has 0 aromatic carbocycles. The minimum atomic E-state index is -0.995. The first kappa shape index (κ1) is 22.8. The lowest BCUT2D eigenvalue weighted by Gasteiger charge is -2.15. The predicted molar refractivity (Wildman–Crippen MR) is 88.7 cm³/mol. The fourth-order valence-corrected chi connectivity index (χ4v) is 2.06.